The third kappa shape index (κ3) is 3.81. The summed E-state index contributed by atoms with van der Waals surface area (Å²) < 4.78 is 16.0. The van der Waals surface area contributed by atoms with E-state index in [1.807, 2.05) is 6.07 Å². The minimum absolute atomic E-state index is 0.165. The molecule has 0 atom stereocenters. The summed E-state index contributed by atoms with van der Waals surface area (Å²) in [7, 11) is 3.08. The molecular weight excluding hydrogens is 356 g/mol. The van der Waals surface area contributed by atoms with Gasteiger partial charge >= 0.3 is 0 Å². The lowest BCUT2D eigenvalue weighted by Gasteiger charge is -2.12. The molecule has 3 aromatic rings. The number of amides is 1. The molecule has 0 aliphatic rings. The number of methoxy groups -OCH3 is 2. The van der Waals surface area contributed by atoms with Crippen LogP contribution in [-0.2, 0) is 4.79 Å². The van der Waals surface area contributed by atoms with Crippen LogP contribution in [0.15, 0.2) is 48.7 Å². The average molecular weight is 373 g/mol. The van der Waals surface area contributed by atoms with E-state index >= 15 is 0 Å². The number of rotatable bonds is 6. The maximum absolute atomic E-state index is 12.2. The third-order valence-corrected chi connectivity index (χ3v) is 4.04. The number of hydrogen-bond donors (Lipinski definition) is 1. The van der Waals surface area contributed by atoms with Crippen molar-refractivity contribution in [3.05, 3.63) is 53.7 Å². The Labute approximate surface area is 155 Å². The maximum atomic E-state index is 12.2. The predicted molar refractivity (Wildman–Crippen MR) is 100 cm³/mol. The van der Waals surface area contributed by atoms with Crippen molar-refractivity contribution in [1.29, 1.82) is 0 Å². The highest BCUT2D eigenvalue weighted by molar-refractivity contribution is 6.35. The number of fused-ring (bicyclic) bond motifs is 1. The lowest BCUT2D eigenvalue weighted by molar-refractivity contribution is -0.118. The van der Waals surface area contributed by atoms with Crippen LogP contribution >= 0.6 is 11.6 Å². The van der Waals surface area contributed by atoms with E-state index in [4.69, 9.17) is 25.8 Å². The molecule has 26 heavy (non-hydrogen) atoms. The number of aromatic nitrogens is 1. The summed E-state index contributed by atoms with van der Waals surface area (Å²) in [5, 5.41) is 4.10. The number of benzene rings is 2. The van der Waals surface area contributed by atoms with Gasteiger partial charge in [0.05, 0.1) is 19.2 Å². The van der Waals surface area contributed by atoms with E-state index in [1.54, 1.807) is 49.7 Å². The molecule has 0 unspecified atom stereocenters. The molecule has 0 aliphatic heterocycles. The number of hydrogen-bond acceptors (Lipinski definition) is 5. The minimum atomic E-state index is -0.309. The van der Waals surface area contributed by atoms with Crippen molar-refractivity contribution in [2.45, 2.75) is 0 Å². The van der Waals surface area contributed by atoms with Gasteiger partial charge in [0.1, 0.15) is 11.3 Å². The molecule has 0 spiro atoms. The molecule has 0 saturated heterocycles. The van der Waals surface area contributed by atoms with Crippen molar-refractivity contribution in [1.82, 2.24) is 4.98 Å². The van der Waals surface area contributed by atoms with Crippen molar-refractivity contribution in [3.63, 3.8) is 0 Å². The second kappa shape index (κ2) is 7.93. The Hall–Kier alpha value is -2.99. The average Bonchev–Trinajstić information content (AvgIpc) is 2.67. The second-order valence-corrected chi connectivity index (χ2v) is 5.76. The summed E-state index contributed by atoms with van der Waals surface area (Å²) in [6, 6.07) is 12.2. The zero-order valence-electron chi connectivity index (χ0n) is 14.3. The summed E-state index contributed by atoms with van der Waals surface area (Å²) in [5.74, 6) is 1.29. The quantitative estimate of drug-likeness (QED) is 0.710. The number of carbonyl (C=O) groups is 1. The van der Waals surface area contributed by atoms with Crippen LogP contribution < -0.4 is 19.5 Å². The van der Waals surface area contributed by atoms with Gasteiger partial charge in [-0.3, -0.25) is 9.78 Å². The van der Waals surface area contributed by atoms with Crippen molar-refractivity contribution in [3.8, 4) is 17.2 Å². The fraction of sp³-hybridized carbons (Fsp3) is 0.158. The summed E-state index contributed by atoms with van der Waals surface area (Å²) in [6.07, 6.45) is 1.65. The Morgan fingerprint density at radius 1 is 1.08 bits per heavy atom. The number of nitrogens with zero attached hydrogens (tertiary/aromatic N) is 1. The first-order valence-electron chi connectivity index (χ1n) is 7.80. The first kappa shape index (κ1) is 17.8. The fourth-order valence-corrected chi connectivity index (χ4v) is 2.70. The molecular formula is C19H17ClN2O4. The van der Waals surface area contributed by atoms with Gasteiger partial charge in [-0.1, -0.05) is 11.6 Å². The number of halogens is 1. The molecule has 0 bridgehead atoms. The molecule has 1 N–H and O–H groups in total. The van der Waals surface area contributed by atoms with Crippen molar-refractivity contribution < 1.29 is 19.0 Å². The van der Waals surface area contributed by atoms with E-state index < -0.39 is 0 Å². The molecule has 7 heteroatoms. The summed E-state index contributed by atoms with van der Waals surface area (Å²) in [4.78, 5) is 16.5. The van der Waals surface area contributed by atoms with Crippen LogP contribution in [-0.4, -0.2) is 31.7 Å². The van der Waals surface area contributed by atoms with E-state index in [1.165, 1.54) is 7.11 Å². The number of pyridine rings is 1. The van der Waals surface area contributed by atoms with Crippen LogP contribution in [0.5, 0.6) is 17.2 Å². The minimum Gasteiger partial charge on any atom is -0.493 e. The summed E-state index contributed by atoms with van der Waals surface area (Å²) in [5.41, 5.74) is 1.19. The summed E-state index contributed by atoms with van der Waals surface area (Å²) in [6.45, 7) is -0.165. The van der Waals surface area contributed by atoms with E-state index in [0.717, 1.165) is 5.39 Å². The molecule has 0 fully saturated rings. The highest BCUT2D eigenvalue weighted by Crippen LogP contribution is 2.31. The number of anilines is 1. The van der Waals surface area contributed by atoms with Gasteiger partial charge in [0.15, 0.2) is 18.1 Å². The highest BCUT2D eigenvalue weighted by atomic mass is 35.5. The zero-order chi connectivity index (χ0) is 18.5. The van der Waals surface area contributed by atoms with Gasteiger partial charge in [0.25, 0.3) is 5.91 Å². The molecule has 1 aromatic heterocycles. The van der Waals surface area contributed by atoms with Gasteiger partial charge in [-0.15, -0.1) is 0 Å². The predicted octanol–water partition coefficient (Wildman–Crippen LogP) is 3.92. The Morgan fingerprint density at radius 2 is 1.85 bits per heavy atom. The normalized spacial score (nSPS) is 10.4. The monoisotopic (exact) mass is 372 g/mol. The van der Waals surface area contributed by atoms with Gasteiger partial charge in [0, 0.05) is 23.3 Å². The molecule has 2 aromatic carbocycles. The van der Waals surface area contributed by atoms with Crippen LogP contribution in [0.25, 0.3) is 10.9 Å². The highest BCUT2D eigenvalue weighted by Gasteiger charge is 2.11. The lowest BCUT2D eigenvalue weighted by Crippen LogP contribution is -2.20. The van der Waals surface area contributed by atoms with Crippen molar-refractivity contribution in [2.24, 2.45) is 0 Å². The Balaban J connectivity index is 1.69. The van der Waals surface area contributed by atoms with Crippen LogP contribution in [0.2, 0.25) is 5.02 Å². The molecule has 3 rings (SSSR count). The van der Waals surface area contributed by atoms with Crippen LogP contribution in [0.4, 0.5) is 5.69 Å². The van der Waals surface area contributed by atoms with Crippen molar-refractivity contribution in [2.75, 3.05) is 26.1 Å². The second-order valence-electron chi connectivity index (χ2n) is 5.35. The molecule has 0 aliphatic carbocycles. The lowest BCUT2D eigenvalue weighted by atomic mass is 10.2. The van der Waals surface area contributed by atoms with Crippen LogP contribution in [0.1, 0.15) is 0 Å². The van der Waals surface area contributed by atoms with E-state index in [0.29, 0.717) is 33.5 Å². The molecule has 1 heterocycles. The van der Waals surface area contributed by atoms with Crippen LogP contribution in [0.3, 0.4) is 0 Å². The first-order valence-corrected chi connectivity index (χ1v) is 8.18. The van der Waals surface area contributed by atoms with Crippen LogP contribution in [0, 0.1) is 0 Å². The molecule has 0 radical (unpaired) electrons. The number of nitrogens with one attached hydrogen (secondary N) is 1. The molecule has 1 amide bonds. The van der Waals surface area contributed by atoms with Gasteiger partial charge in [0.2, 0.25) is 0 Å². The fourth-order valence-electron chi connectivity index (χ4n) is 2.48. The van der Waals surface area contributed by atoms with Gasteiger partial charge in [-0.25, -0.2) is 0 Å². The molecule has 0 saturated carbocycles. The standard InChI is InChI=1S/C19H17ClN2O4/c1-24-15-7-5-12(10-17(15)25-2)22-18(23)11-26-16-8-6-14(20)13-4-3-9-21-19(13)16/h3-10H,11H2,1-2H3,(H,22,23). The zero-order valence-corrected chi connectivity index (χ0v) is 15.0. The Morgan fingerprint density at radius 3 is 2.62 bits per heavy atom. The maximum Gasteiger partial charge on any atom is 0.262 e. The summed E-state index contributed by atoms with van der Waals surface area (Å²) >= 11 is 6.16. The van der Waals surface area contributed by atoms with E-state index in [2.05, 4.69) is 10.3 Å². The third-order valence-electron chi connectivity index (χ3n) is 3.71. The smallest absolute Gasteiger partial charge is 0.262 e. The van der Waals surface area contributed by atoms with Gasteiger partial charge < -0.3 is 19.5 Å². The largest absolute Gasteiger partial charge is 0.493 e. The van der Waals surface area contributed by atoms with E-state index in [9.17, 15) is 4.79 Å². The number of carbonyl (C=O) groups excluding carboxylic acids is 1. The SMILES string of the molecule is COc1ccc(NC(=O)COc2ccc(Cl)c3cccnc23)cc1OC. The van der Waals surface area contributed by atoms with Gasteiger partial charge in [-0.05, 0) is 36.4 Å². The topological polar surface area (TPSA) is 69.7 Å². The van der Waals surface area contributed by atoms with E-state index in [-0.39, 0.29) is 12.5 Å². The Kier molecular flexibility index (Phi) is 5.43. The van der Waals surface area contributed by atoms with Crippen molar-refractivity contribution >= 4 is 34.1 Å². The number of ether oxygens (including phenoxy) is 3. The van der Waals surface area contributed by atoms with Gasteiger partial charge in [-0.2, -0.15) is 0 Å². The molecule has 134 valence electrons. The first-order chi connectivity index (χ1) is 12.6. The Bertz CT molecular complexity index is 946. The molecule has 6 nitrogen and oxygen atoms in total.